The van der Waals surface area contributed by atoms with Gasteiger partial charge in [0.05, 0.1) is 0 Å². The Morgan fingerprint density at radius 1 is 1.13 bits per heavy atom. The highest BCUT2D eigenvalue weighted by molar-refractivity contribution is 8.16. The fourth-order valence-electron chi connectivity index (χ4n) is 3.20. The Morgan fingerprint density at radius 3 is 2.35 bits per heavy atom. The third-order valence-electron chi connectivity index (χ3n) is 5.28. The smallest absolute Gasteiger partial charge is 0.275 e. The summed E-state index contributed by atoms with van der Waals surface area (Å²) in [6, 6.07) is 10.3. The second kappa shape index (κ2) is 5.38. The van der Waals surface area contributed by atoms with Gasteiger partial charge in [-0.2, -0.15) is 0 Å². The number of carbonyl (C=O) groups is 2. The van der Waals surface area contributed by atoms with Gasteiger partial charge in [-0.05, 0) is 36.2 Å². The summed E-state index contributed by atoms with van der Waals surface area (Å²) in [5, 5.41) is -0.166. The average Bonchev–Trinajstić information content (AvgIpc) is 3.10. The predicted octanol–water partition coefficient (Wildman–Crippen LogP) is 4.51. The zero-order valence-corrected chi connectivity index (χ0v) is 14.7. The van der Waals surface area contributed by atoms with Crippen molar-refractivity contribution in [3.63, 3.8) is 0 Å². The Labute approximate surface area is 141 Å². The Balaban J connectivity index is 1.86. The first-order chi connectivity index (χ1) is 10.8. The maximum absolute atomic E-state index is 12.6. The van der Waals surface area contributed by atoms with Gasteiger partial charge in [-0.3, -0.25) is 14.5 Å². The van der Waals surface area contributed by atoms with Crippen molar-refractivity contribution in [3.8, 4) is 0 Å². The maximum Gasteiger partial charge on any atom is 0.289 e. The largest absolute Gasteiger partial charge is 0.289 e. The molecule has 120 valence electrons. The average molecular weight is 327 g/mol. The maximum atomic E-state index is 12.6. The lowest BCUT2D eigenvalue weighted by atomic mass is 9.71. The van der Waals surface area contributed by atoms with E-state index in [-0.39, 0.29) is 11.1 Å². The summed E-state index contributed by atoms with van der Waals surface area (Å²) >= 11 is 1.15. The molecule has 0 saturated carbocycles. The first kappa shape index (κ1) is 16.1. The summed E-state index contributed by atoms with van der Waals surface area (Å²) in [6.07, 6.45) is 5.06. The lowest BCUT2D eigenvalue weighted by Crippen LogP contribution is -2.47. The Hall–Kier alpha value is -1.81. The van der Waals surface area contributed by atoms with Crippen molar-refractivity contribution in [1.82, 2.24) is 4.90 Å². The molecule has 1 saturated heterocycles. The molecular weight excluding hydrogens is 306 g/mol. The Morgan fingerprint density at radius 2 is 1.78 bits per heavy atom. The second-order valence-corrected chi connectivity index (χ2v) is 8.19. The number of benzene rings is 1. The van der Waals surface area contributed by atoms with Crippen LogP contribution in [0.2, 0.25) is 0 Å². The minimum Gasteiger partial charge on any atom is -0.275 e. The van der Waals surface area contributed by atoms with Crippen LogP contribution in [-0.2, 0) is 4.79 Å². The van der Waals surface area contributed by atoms with E-state index >= 15 is 0 Å². The van der Waals surface area contributed by atoms with Crippen molar-refractivity contribution in [3.05, 3.63) is 53.6 Å². The molecule has 23 heavy (non-hydrogen) atoms. The minimum absolute atomic E-state index is 0.105. The van der Waals surface area contributed by atoms with Crippen LogP contribution in [0.15, 0.2) is 48.1 Å². The van der Waals surface area contributed by atoms with Crippen molar-refractivity contribution in [2.45, 2.75) is 31.9 Å². The third-order valence-corrected chi connectivity index (χ3v) is 6.83. The number of rotatable bonds is 3. The summed E-state index contributed by atoms with van der Waals surface area (Å²) in [7, 11) is 1.57. The molecule has 4 heteroatoms. The van der Waals surface area contributed by atoms with Gasteiger partial charge in [-0.25, -0.2) is 0 Å². The molecule has 0 N–H and O–H groups in total. The van der Waals surface area contributed by atoms with E-state index in [9.17, 15) is 9.59 Å². The molecule has 1 aromatic rings. The number of amides is 2. The van der Waals surface area contributed by atoms with E-state index in [2.05, 4.69) is 38.1 Å². The lowest BCUT2D eigenvalue weighted by molar-refractivity contribution is -0.130. The number of hydrogen-bond acceptors (Lipinski definition) is 3. The Kier molecular flexibility index (Phi) is 3.75. The normalized spacial score (nSPS) is 25.0. The molecule has 0 bridgehead atoms. The summed E-state index contributed by atoms with van der Waals surface area (Å²) in [6.45, 7) is 6.03. The van der Waals surface area contributed by atoms with Gasteiger partial charge in [-0.1, -0.05) is 61.9 Å². The van der Waals surface area contributed by atoms with Crippen molar-refractivity contribution in [2.75, 3.05) is 7.05 Å². The van der Waals surface area contributed by atoms with Gasteiger partial charge < -0.3 is 0 Å². The van der Waals surface area contributed by atoms with Gasteiger partial charge >= 0.3 is 0 Å². The molecule has 0 radical (unpaired) electrons. The van der Waals surface area contributed by atoms with E-state index in [0.717, 1.165) is 18.2 Å². The zero-order valence-electron chi connectivity index (χ0n) is 13.9. The van der Waals surface area contributed by atoms with Gasteiger partial charge in [0.2, 0.25) is 5.91 Å². The van der Waals surface area contributed by atoms with E-state index in [0.29, 0.717) is 0 Å². The summed E-state index contributed by atoms with van der Waals surface area (Å²) < 4.78 is -0.759. The topological polar surface area (TPSA) is 37.4 Å². The molecule has 2 aliphatic rings. The molecule has 1 aromatic carbocycles. The molecule has 1 fully saturated rings. The van der Waals surface area contributed by atoms with Gasteiger partial charge in [0, 0.05) is 12.5 Å². The number of carbonyl (C=O) groups excluding carboxylic acids is 2. The first-order valence-corrected chi connectivity index (χ1v) is 8.56. The molecule has 1 aliphatic carbocycles. The molecule has 3 rings (SSSR count). The minimum atomic E-state index is -0.759. The second-order valence-electron chi connectivity index (χ2n) is 6.82. The van der Waals surface area contributed by atoms with Crippen LogP contribution < -0.4 is 0 Å². The molecule has 1 atom stereocenters. The molecule has 0 aromatic heterocycles. The van der Waals surface area contributed by atoms with Crippen LogP contribution >= 0.6 is 11.8 Å². The number of hydrogen-bond donors (Lipinski definition) is 0. The van der Waals surface area contributed by atoms with E-state index in [1.165, 1.54) is 21.6 Å². The lowest BCUT2D eigenvalue weighted by Gasteiger charge is -2.39. The highest BCUT2D eigenvalue weighted by atomic mass is 32.2. The standard InChI is InChI=1S/C19H21NO2S/c1-18(2,19(3)16(21)20(4)17(22)23-19)15-11-10-14(12-15)13-8-6-5-7-9-13/h5-11H,12H2,1-4H3. The van der Waals surface area contributed by atoms with Crippen LogP contribution in [0.25, 0.3) is 5.57 Å². The van der Waals surface area contributed by atoms with Crippen LogP contribution in [0.5, 0.6) is 0 Å². The zero-order chi connectivity index (χ0) is 16.8. The van der Waals surface area contributed by atoms with Gasteiger partial charge in [0.15, 0.2) is 0 Å². The summed E-state index contributed by atoms with van der Waals surface area (Å²) in [5.74, 6) is -0.105. The summed E-state index contributed by atoms with van der Waals surface area (Å²) in [5.41, 5.74) is 3.26. The monoisotopic (exact) mass is 327 g/mol. The van der Waals surface area contributed by atoms with Crippen LogP contribution in [0.1, 0.15) is 32.8 Å². The molecule has 0 spiro atoms. The number of allylic oxidation sites excluding steroid dienone is 4. The van der Waals surface area contributed by atoms with Crippen molar-refractivity contribution >= 4 is 28.5 Å². The van der Waals surface area contributed by atoms with E-state index < -0.39 is 10.2 Å². The van der Waals surface area contributed by atoms with Crippen LogP contribution in [0.3, 0.4) is 0 Å². The number of nitrogens with zero attached hydrogens (tertiary/aromatic N) is 1. The molecule has 1 unspecified atom stereocenters. The fraction of sp³-hybridized carbons (Fsp3) is 0.368. The Bertz CT molecular complexity index is 733. The highest BCUT2D eigenvalue weighted by Gasteiger charge is 2.57. The van der Waals surface area contributed by atoms with Crippen LogP contribution in [0.4, 0.5) is 4.79 Å². The molecule has 2 amide bonds. The van der Waals surface area contributed by atoms with Gasteiger partial charge in [0.25, 0.3) is 5.24 Å². The SMILES string of the molecule is CN1C(=O)SC(C)(C(C)(C)C2=CC=C(c3ccccc3)C2)C1=O. The van der Waals surface area contributed by atoms with Gasteiger partial charge in [0.1, 0.15) is 4.75 Å². The summed E-state index contributed by atoms with van der Waals surface area (Å²) in [4.78, 5) is 25.9. The first-order valence-electron chi connectivity index (χ1n) is 7.74. The number of thioether (sulfide) groups is 1. The van der Waals surface area contributed by atoms with Gasteiger partial charge in [-0.15, -0.1) is 0 Å². The van der Waals surface area contributed by atoms with E-state index in [1.807, 2.05) is 25.1 Å². The molecule has 1 heterocycles. The fourth-order valence-corrected chi connectivity index (χ4v) is 4.37. The van der Waals surface area contributed by atoms with E-state index in [1.54, 1.807) is 7.05 Å². The molecular formula is C19H21NO2S. The van der Waals surface area contributed by atoms with Crippen LogP contribution in [-0.4, -0.2) is 27.8 Å². The quantitative estimate of drug-likeness (QED) is 0.819. The van der Waals surface area contributed by atoms with Crippen molar-refractivity contribution < 1.29 is 9.59 Å². The predicted molar refractivity (Wildman–Crippen MR) is 95.1 cm³/mol. The molecule has 1 aliphatic heterocycles. The van der Waals surface area contributed by atoms with Crippen molar-refractivity contribution in [1.29, 1.82) is 0 Å². The van der Waals surface area contributed by atoms with E-state index in [4.69, 9.17) is 0 Å². The molecule has 3 nitrogen and oxygen atoms in total. The number of imide groups is 1. The van der Waals surface area contributed by atoms with Crippen molar-refractivity contribution in [2.24, 2.45) is 5.41 Å². The third kappa shape index (κ3) is 2.36. The van der Waals surface area contributed by atoms with Crippen LogP contribution in [0, 0.1) is 5.41 Å². The highest BCUT2D eigenvalue weighted by Crippen LogP contribution is 2.54.